The van der Waals surface area contributed by atoms with E-state index in [9.17, 15) is 4.79 Å². The lowest BCUT2D eigenvalue weighted by Gasteiger charge is -2.29. The number of para-hydroxylation sites is 1. The van der Waals surface area contributed by atoms with Crippen LogP contribution in [0.2, 0.25) is 0 Å². The molecule has 0 unspecified atom stereocenters. The first-order valence-corrected chi connectivity index (χ1v) is 8.65. The lowest BCUT2D eigenvalue weighted by atomic mass is 10.0. The van der Waals surface area contributed by atoms with Crippen LogP contribution in [-0.4, -0.2) is 51.8 Å². The van der Waals surface area contributed by atoms with Crippen LogP contribution in [0.3, 0.4) is 0 Å². The minimum Gasteiger partial charge on any atom is -0.385 e. The smallest absolute Gasteiger partial charge is 0.248 e. The molecule has 0 radical (unpaired) electrons. The average Bonchev–Trinajstić information content (AvgIpc) is 2.62. The Labute approximate surface area is 167 Å². The van der Waals surface area contributed by atoms with Crippen molar-refractivity contribution in [3.8, 4) is 0 Å². The molecule has 0 bridgehead atoms. The zero-order chi connectivity index (χ0) is 17.2. The monoisotopic (exact) mass is 460 g/mol. The summed E-state index contributed by atoms with van der Waals surface area (Å²) in [5.74, 6) is 0.712. The predicted molar refractivity (Wildman–Crippen MR) is 113 cm³/mol. The second kappa shape index (κ2) is 12.1. The lowest BCUT2D eigenvalue weighted by molar-refractivity contribution is -0.117. The number of amides is 1. The molecule has 2 rings (SSSR count). The van der Waals surface area contributed by atoms with E-state index in [-0.39, 0.29) is 36.4 Å². The summed E-state index contributed by atoms with van der Waals surface area (Å²) < 4.78 is 5.03. The van der Waals surface area contributed by atoms with Crippen LogP contribution in [0.5, 0.6) is 0 Å². The van der Waals surface area contributed by atoms with Crippen molar-refractivity contribution in [2.24, 2.45) is 4.99 Å². The van der Waals surface area contributed by atoms with Crippen molar-refractivity contribution in [1.29, 1.82) is 0 Å². The van der Waals surface area contributed by atoms with Crippen LogP contribution in [0, 0.1) is 0 Å². The standard InChI is InChI=1S/C18H28N4O2.HI/c1-3-19-18(20-11-7-13-24-2)21-14-17(23)22-12-6-9-15-8-4-5-10-16(15)22;/h4-5,8,10H,3,6-7,9,11-14H2,1-2H3,(H2,19,20,21);1H. The number of hydrogen-bond donors (Lipinski definition) is 2. The number of guanidine groups is 1. The molecule has 0 saturated heterocycles. The van der Waals surface area contributed by atoms with Crippen molar-refractivity contribution in [3.05, 3.63) is 29.8 Å². The fraction of sp³-hybridized carbons (Fsp3) is 0.556. The molecule has 7 heteroatoms. The normalized spacial score (nSPS) is 13.7. The molecule has 0 fully saturated rings. The Hall–Kier alpha value is -1.35. The number of rotatable bonds is 7. The molecule has 2 N–H and O–H groups in total. The summed E-state index contributed by atoms with van der Waals surface area (Å²) in [6.45, 7) is 5.15. The molecule has 0 atom stereocenters. The average molecular weight is 460 g/mol. The van der Waals surface area contributed by atoms with Gasteiger partial charge < -0.3 is 20.3 Å². The van der Waals surface area contributed by atoms with Gasteiger partial charge in [0.15, 0.2) is 5.96 Å². The highest BCUT2D eigenvalue weighted by Crippen LogP contribution is 2.26. The van der Waals surface area contributed by atoms with E-state index in [1.165, 1.54) is 5.56 Å². The SMILES string of the molecule is CCNC(=NCC(=O)N1CCCc2ccccc21)NCCCOC.I. The summed E-state index contributed by atoms with van der Waals surface area (Å²) in [5.41, 5.74) is 2.27. The van der Waals surface area contributed by atoms with Crippen LogP contribution < -0.4 is 15.5 Å². The van der Waals surface area contributed by atoms with Gasteiger partial charge in [0.25, 0.3) is 0 Å². The lowest BCUT2D eigenvalue weighted by Crippen LogP contribution is -2.41. The van der Waals surface area contributed by atoms with E-state index in [1.54, 1.807) is 7.11 Å². The molecule has 140 valence electrons. The number of fused-ring (bicyclic) bond motifs is 1. The largest absolute Gasteiger partial charge is 0.385 e. The number of nitrogens with one attached hydrogen (secondary N) is 2. The van der Waals surface area contributed by atoms with Crippen molar-refractivity contribution in [3.63, 3.8) is 0 Å². The predicted octanol–water partition coefficient (Wildman–Crippen LogP) is 2.18. The molecule has 25 heavy (non-hydrogen) atoms. The Morgan fingerprint density at radius 3 is 2.88 bits per heavy atom. The fourth-order valence-corrected chi connectivity index (χ4v) is 2.79. The first-order chi connectivity index (χ1) is 11.8. The molecule has 1 amide bonds. The maximum absolute atomic E-state index is 12.6. The Bertz CT molecular complexity index is 566. The molecule has 1 heterocycles. The highest BCUT2D eigenvalue weighted by atomic mass is 127. The van der Waals surface area contributed by atoms with E-state index in [0.717, 1.165) is 44.6 Å². The first kappa shape index (κ1) is 21.7. The minimum atomic E-state index is 0. The van der Waals surface area contributed by atoms with Gasteiger partial charge in [-0.1, -0.05) is 18.2 Å². The van der Waals surface area contributed by atoms with Gasteiger partial charge in [0.2, 0.25) is 5.91 Å². The number of aryl methyl sites for hydroxylation is 1. The Kier molecular flexibility index (Phi) is 10.5. The number of anilines is 1. The zero-order valence-corrected chi connectivity index (χ0v) is 17.4. The second-order valence-corrected chi connectivity index (χ2v) is 5.75. The number of hydrogen-bond acceptors (Lipinski definition) is 3. The number of aliphatic imine (C=N–C) groups is 1. The van der Waals surface area contributed by atoms with Crippen LogP contribution in [0.15, 0.2) is 29.3 Å². The molecule has 0 aliphatic carbocycles. The molecule has 1 aromatic carbocycles. The molecule has 6 nitrogen and oxygen atoms in total. The Morgan fingerprint density at radius 2 is 2.12 bits per heavy atom. The van der Waals surface area contributed by atoms with Gasteiger partial charge in [-0.2, -0.15) is 0 Å². The second-order valence-electron chi connectivity index (χ2n) is 5.75. The molecule has 1 aromatic rings. The highest BCUT2D eigenvalue weighted by molar-refractivity contribution is 14.0. The van der Waals surface area contributed by atoms with Gasteiger partial charge in [0, 0.05) is 39.0 Å². The third-order valence-corrected chi connectivity index (χ3v) is 3.95. The van der Waals surface area contributed by atoms with Gasteiger partial charge in [0.05, 0.1) is 0 Å². The number of halogens is 1. The van der Waals surface area contributed by atoms with Gasteiger partial charge in [-0.05, 0) is 37.8 Å². The highest BCUT2D eigenvalue weighted by Gasteiger charge is 2.21. The number of carbonyl (C=O) groups excluding carboxylic acids is 1. The van der Waals surface area contributed by atoms with Crippen molar-refractivity contribution in [2.45, 2.75) is 26.2 Å². The van der Waals surface area contributed by atoms with Crippen LogP contribution in [-0.2, 0) is 16.0 Å². The summed E-state index contributed by atoms with van der Waals surface area (Å²) >= 11 is 0. The van der Waals surface area contributed by atoms with Crippen molar-refractivity contribution in [2.75, 3.05) is 44.8 Å². The molecule has 0 saturated carbocycles. The molecule has 1 aliphatic rings. The summed E-state index contributed by atoms with van der Waals surface area (Å²) in [6, 6.07) is 8.12. The van der Waals surface area contributed by atoms with Crippen LogP contribution in [0.25, 0.3) is 0 Å². The van der Waals surface area contributed by atoms with E-state index in [0.29, 0.717) is 12.6 Å². The third kappa shape index (κ3) is 6.81. The maximum atomic E-state index is 12.6. The fourth-order valence-electron chi connectivity index (χ4n) is 2.79. The molecule has 0 aromatic heterocycles. The Morgan fingerprint density at radius 1 is 1.32 bits per heavy atom. The number of ether oxygens (including phenoxy) is 1. The van der Waals surface area contributed by atoms with Crippen molar-refractivity contribution in [1.82, 2.24) is 10.6 Å². The van der Waals surface area contributed by atoms with Gasteiger partial charge in [0.1, 0.15) is 6.54 Å². The number of carbonyl (C=O) groups is 1. The van der Waals surface area contributed by atoms with Crippen molar-refractivity contribution < 1.29 is 9.53 Å². The Balaban J connectivity index is 0.00000312. The summed E-state index contributed by atoms with van der Waals surface area (Å²) in [5, 5.41) is 6.39. The van der Waals surface area contributed by atoms with E-state index in [2.05, 4.69) is 21.7 Å². The summed E-state index contributed by atoms with van der Waals surface area (Å²) in [6.07, 6.45) is 2.93. The van der Waals surface area contributed by atoms with E-state index < -0.39 is 0 Å². The van der Waals surface area contributed by atoms with Gasteiger partial charge in [-0.3, -0.25) is 4.79 Å². The van der Waals surface area contributed by atoms with E-state index >= 15 is 0 Å². The maximum Gasteiger partial charge on any atom is 0.248 e. The molecule has 1 aliphatic heterocycles. The summed E-state index contributed by atoms with van der Waals surface area (Å²) in [7, 11) is 1.69. The molecular weight excluding hydrogens is 431 g/mol. The number of methoxy groups -OCH3 is 1. The number of benzene rings is 1. The topological polar surface area (TPSA) is 66.0 Å². The van der Waals surface area contributed by atoms with Gasteiger partial charge >= 0.3 is 0 Å². The third-order valence-electron chi connectivity index (χ3n) is 3.95. The first-order valence-electron chi connectivity index (χ1n) is 8.65. The minimum absolute atomic E-state index is 0. The van der Waals surface area contributed by atoms with E-state index in [1.807, 2.05) is 30.0 Å². The molecule has 0 spiro atoms. The van der Waals surface area contributed by atoms with Crippen molar-refractivity contribution >= 4 is 41.5 Å². The quantitative estimate of drug-likeness (QED) is 0.284. The van der Waals surface area contributed by atoms with Crippen LogP contribution in [0.4, 0.5) is 5.69 Å². The summed E-state index contributed by atoms with van der Waals surface area (Å²) in [4.78, 5) is 18.9. The molecular formula is C18H29IN4O2. The number of nitrogens with zero attached hydrogens (tertiary/aromatic N) is 2. The zero-order valence-electron chi connectivity index (χ0n) is 15.1. The van der Waals surface area contributed by atoms with E-state index in [4.69, 9.17) is 4.74 Å². The van der Waals surface area contributed by atoms with Crippen LogP contribution >= 0.6 is 24.0 Å². The van der Waals surface area contributed by atoms with Gasteiger partial charge in [-0.25, -0.2) is 4.99 Å². The van der Waals surface area contributed by atoms with Crippen LogP contribution in [0.1, 0.15) is 25.3 Å². The van der Waals surface area contributed by atoms with Gasteiger partial charge in [-0.15, -0.1) is 24.0 Å².